The molecule has 2 rings (SSSR count). The zero-order valence-electron chi connectivity index (χ0n) is 6.53. The molecule has 1 unspecified atom stereocenters. The zero-order chi connectivity index (χ0) is 7.84. The van der Waals surface area contributed by atoms with E-state index in [0.717, 1.165) is 18.3 Å². The largest absolute Gasteiger partial charge is 0.409 e. The quantitative estimate of drug-likeness (QED) is 0.258. The minimum absolute atomic E-state index is 0.388. The fourth-order valence-electron chi connectivity index (χ4n) is 2.68. The molecular weight excluding hydrogens is 140 g/mol. The number of nitrogens with zero attached hydrogens (tertiary/aromatic N) is 1. The molecule has 62 valence electrons. The van der Waals surface area contributed by atoms with E-state index >= 15 is 0 Å². The van der Waals surface area contributed by atoms with Gasteiger partial charge >= 0.3 is 0 Å². The Hall–Kier alpha value is -0.730. The Bertz CT molecular complexity index is 191. The summed E-state index contributed by atoms with van der Waals surface area (Å²) in [5.41, 5.74) is 5.56. The first-order valence-corrected chi connectivity index (χ1v) is 4.28. The lowest BCUT2D eigenvalue weighted by Crippen LogP contribution is -2.28. The van der Waals surface area contributed by atoms with Crippen molar-refractivity contribution in [2.24, 2.45) is 28.6 Å². The van der Waals surface area contributed by atoms with Gasteiger partial charge in [0.2, 0.25) is 0 Å². The van der Waals surface area contributed by atoms with E-state index in [1.165, 1.54) is 19.3 Å². The first-order chi connectivity index (χ1) is 5.31. The fourth-order valence-corrected chi connectivity index (χ4v) is 2.68. The Morgan fingerprint density at radius 3 is 2.64 bits per heavy atom. The standard InChI is InChI=1S/C8H14N2O/c9-8(10-11)7-4-5-1-2-6(7)3-5/h5-7,11H,1-4H2,(H2,9,10)/t5-,6+,7?/m1/s1. The molecule has 3 nitrogen and oxygen atoms in total. The summed E-state index contributed by atoms with van der Waals surface area (Å²) in [6.45, 7) is 0. The molecule has 2 bridgehead atoms. The molecule has 2 fully saturated rings. The second kappa shape index (κ2) is 2.40. The van der Waals surface area contributed by atoms with Crippen molar-refractivity contribution in [3.8, 4) is 0 Å². The van der Waals surface area contributed by atoms with E-state index in [-0.39, 0.29) is 0 Å². The Balaban J connectivity index is 2.08. The molecule has 0 heterocycles. The topological polar surface area (TPSA) is 58.6 Å². The van der Waals surface area contributed by atoms with Crippen molar-refractivity contribution in [2.75, 3.05) is 0 Å². The average molecular weight is 154 g/mol. The molecule has 0 aromatic heterocycles. The van der Waals surface area contributed by atoms with E-state index in [1.807, 2.05) is 0 Å². The van der Waals surface area contributed by atoms with Gasteiger partial charge in [0.25, 0.3) is 0 Å². The fraction of sp³-hybridized carbons (Fsp3) is 0.875. The smallest absolute Gasteiger partial charge is 0.142 e. The number of fused-ring (bicyclic) bond motifs is 2. The van der Waals surface area contributed by atoms with Gasteiger partial charge in [-0.3, -0.25) is 0 Å². The van der Waals surface area contributed by atoms with Crippen LogP contribution in [0.25, 0.3) is 0 Å². The number of oxime groups is 1. The molecule has 11 heavy (non-hydrogen) atoms. The Kier molecular flexibility index (Phi) is 1.51. The maximum absolute atomic E-state index is 8.49. The van der Waals surface area contributed by atoms with Gasteiger partial charge < -0.3 is 10.9 Å². The molecular formula is C8H14N2O. The molecule has 0 spiro atoms. The van der Waals surface area contributed by atoms with Gasteiger partial charge in [-0.05, 0) is 31.1 Å². The van der Waals surface area contributed by atoms with Crippen molar-refractivity contribution < 1.29 is 5.21 Å². The number of nitrogens with two attached hydrogens (primary N) is 1. The van der Waals surface area contributed by atoms with Crippen LogP contribution in [-0.4, -0.2) is 11.0 Å². The van der Waals surface area contributed by atoms with E-state index in [4.69, 9.17) is 10.9 Å². The maximum Gasteiger partial charge on any atom is 0.142 e. The molecule has 2 aliphatic rings. The van der Waals surface area contributed by atoms with Gasteiger partial charge in [0.15, 0.2) is 0 Å². The van der Waals surface area contributed by atoms with Crippen LogP contribution in [0.15, 0.2) is 5.16 Å². The Labute approximate surface area is 66.3 Å². The molecule has 0 amide bonds. The number of hydrogen-bond donors (Lipinski definition) is 2. The third-order valence-corrected chi connectivity index (χ3v) is 3.23. The molecule has 0 aromatic rings. The highest BCUT2D eigenvalue weighted by atomic mass is 16.4. The number of rotatable bonds is 1. The van der Waals surface area contributed by atoms with Crippen LogP contribution in [0, 0.1) is 17.8 Å². The highest BCUT2D eigenvalue weighted by molar-refractivity contribution is 5.82. The van der Waals surface area contributed by atoms with Crippen LogP contribution in [0.2, 0.25) is 0 Å². The van der Waals surface area contributed by atoms with Gasteiger partial charge in [-0.25, -0.2) is 0 Å². The molecule has 0 aromatic carbocycles. The van der Waals surface area contributed by atoms with E-state index in [1.54, 1.807) is 0 Å². The predicted molar refractivity (Wildman–Crippen MR) is 42.3 cm³/mol. The van der Waals surface area contributed by atoms with Gasteiger partial charge in [-0.2, -0.15) is 0 Å². The van der Waals surface area contributed by atoms with E-state index in [0.29, 0.717) is 11.8 Å². The van der Waals surface area contributed by atoms with Gasteiger partial charge in [0.1, 0.15) is 5.84 Å². The van der Waals surface area contributed by atoms with Crippen LogP contribution in [0.3, 0.4) is 0 Å². The van der Waals surface area contributed by atoms with Gasteiger partial charge in [0.05, 0.1) is 0 Å². The number of amidine groups is 1. The van der Waals surface area contributed by atoms with Crippen molar-refractivity contribution in [1.29, 1.82) is 0 Å². The summed E-state index contributed by atoms with van der Waals surface area (Å²) in [7, 11) is 0. The lowest BCUT2D eigenvalue weighted by atomic mass is 9.88. The molecule has 3 heteroatoms. The van der Waals surface area contributed by atoms with E-state index in [2.05, 4.69) is 5.16 Å². The lowest BCUT2D eigenvalue weighted by Gasteiger charge is -2.19. The lowest BCUT2D eigenvalue weighted by molar-refractivity contribution is 0.306. The van der Waals surface area contributed by atoms with Crippen LogP contribution in [0.1, 0.15) is 25.7 Å². The monoisotopic (exact) mass is 154 g/mol. The Morgan fingerprint density at radius 1 is 1.36 bits per heavy atom. The van der Waals surface area contributed by atoms with Crippen molar-refractivity contribution in [3.05, 3.63) is 0 Å². The molecule has 3 atom stereocenters. The summed E-state index contributed by atoms with van der Waals surface area (Å²) in [4.78, 5) is 0. The molecule has 0 aliphatic heterocycles. The third kappa shape index (κ3) is 0.988. The van der Waals surface area contributed by atoms with Crippen LogP contribution in [0.5, 0.6) is 0 Å². The van der Waals surface area contributed by atoms with Gasteiger partial charge in [0, 0.05) is 5.92 Å². The summed E-state index contributed by atoms with van der Waals surface area (Å²) >= 11 is 0. The summed E-state index contributed by atoms with van der Waals surface area (Å²) < 4.78 is 0. The SMILES string of the molecule is N/C(=N\O)C1C[C@@H]2CC[C@H]1C2. The average Bonchev–Trinajstić information content (AvgIpc) is 2.62. The minimum atomic E-state index is 0.388. The molecule has 0 saturated heterocycles. The van der Waals surface area contributed by atoms with Crippen molar-refractivity contribution in [1.82, 2.24) is 0 Å². The maximum atomic E-state index is 8.49. The second-order valence-electron chi connectivity index (χ2n) is 3.81. The van der Waals surface area contributed by atoms with E-state index < -0.39 is 0 Å². The molecule has 2 aliphatic carbocycles. The van der Waals surface area contributed by atoms with Crippen LogP contribution in [-0.2, 0) is 0 Å². The molecule has 0 radical (unpaired) electrons. The highest BCUT2D eigenvalue weighted by Crippen LogP contribution is 2.48. The second-order valence-corrected chi connectivity index (χ2v) is 3.81. The summed E-state index contributed by atoms with van der Waals surface area (Å²) in [5, 5.41) is 11.6. The first kappa shape index (κ1) is 6.95. The Morgan fingerprint density at radius 2 is 2.18 bits per heavy atom. The van der Waals surface area contributed by atoms with Crippen molar-refractivity contribution >= 4 is 5.84 Å². The summed E-state index contributed by atoms with van der Waals surface area (Å²) in [6, 6.07) is 0. The highest BCUT2D eigenvalue weighted by Gasteiger charge is 2.41. The zero-order valence-corrected chi connectivity index (χ0v) is 6.53. The van der Waals surface area contributed by atoms with Crippen LogP contribution < -0.4 is 5.73 Å². The van der Waals surface area contributed by atoms with Crippen LogP contribution >= 0.6 is 0 Å². The first-order valence-electron chi connectivity index (χ1n) is 4.28. The molecule has 3 N–H and O–H groups in total. The van der Waals surface area contributed by atoms with E-state index in [9.17, 15) is 0 Å². The summed E-state index contributed by atoms with van der Waals surface area (Å²) in [6.07, 6.45) is 5.10. The van der Waals surface area contributed by atoms with Gasteiger partial charge in [-0.1, -0.05) is 11.6 Å². The summed E-state index contributed by atoms with van der Waals surface area (Å²) in [5.74, 6) is 2.43. The normalized spacial score (nSPS) is 43.3. The van der Waals surface area contributed by atoms with Gasteiger partial charge in [-0.15, -0.1) is 0 Å². The van der Waals surface area contributed by atoms with Crippen LogP contribution in [0.4, 0.5) is 0 Å². The molecule has 2 saturated carbocycles. The number of hydrogen-bond acceptors (Lipinski definition) is 2. The predicted octanol–water partition coefficient (Wildman–Crippen LogP) is 1.17. The van der Waals surface area contributed by atoms with Crippen molar-refractivity contribution in [3.63, 3.8) is 0 Å². The van der Waals surface area contributed by atoms with Crippen molar-refractivity contribution in [2.45, 2.75) is 25.7 Å². The third-order valence-electron chi connectivity index (χ3n) is 3.23. The minimum Gasteiger partial charge on any atom is -0.409 e.